The Bertz CT molecular complexity index is 462. The monoisotopic (exact) mass is 276 g/mol. The zero-order valence-electron chi connectivity index (χ0n) is 12.5. The van der Waals surface area contributed by atoms with Gasteiger partial charge in [-0.1, -0.05) is 19.9 Å². The molecule has 1 aromatic carbocycles. The maximum absolute atomic E-state index is 11.2. The highest BCUT2D eigenvalue weighted by atomic mass is 16.5. The van der Waals surface area contributed by atoms with Crippen LogP contribution in [-0.2, 0) is 4.74 Å². The minimum absolute atomic E-state index is 0.442. The largest absolute Gasteiger partial charge is 0.453 e. The molecule has 4 heteroatoms. The molecule has 1 aliphatic rings. The van der Waals surface area contributed by atoms with Crippen LogP contribution in [0.1, 0.15) is 33.1 Å². The summed E-state index contributed by atoms with van der Waals surface area (Å²) in [6.07, 6.45) is 3.25. The number of hydrogen-bond donors (Lipinski definition) is 2. The highest BCUT2D eigenvalue weighted by Gasteiger charge is 2.24. The molecule has 1 aromatic rings. The lowest BCUT2D eigenvalue weighted by atomic mass is 9.79. The molecule has 0 aliphatic heterocycles. The first-order valence-corrected chi connectivity index (χ1v) is 7.30. The average molecular weight is 276 g/mol. The molecule has 0 bridgehead atoms. The smallest absolute Gasteiger partial charge is 0.411 e. The first-order chi connectivity index (χ1) is 9.58. The number of carbonyl (C=O) groups excluding carboxylic acids is 1. The van der Waals surface area contributed by atoms with Crippen molar-refractivity contribution in [2.45, 2.75) is 39.2 Å². The van der Waals surface area contributed by atoms with Gasteiger partial charge in [0.05, 0.1) is 7.11 Å². The number of anilines is 2. The third kappa shape index (κ3) is 3.89. The lowest BCUT2D eigenvalue weighted by molar-refractivity contribution is 0.187. The van der Waals surface area contributed by atoms with Crippen molar-refractivity contribution in [3.05, 3.63) is 24.3 Å². The van der Waals surface area contributed by atoms with Gasteiger partial charge >= 0.3 is 6.09 Å². The molecule has 1 amide bonds. The Labute approximate surface area is 120 Å². The molecule has 0 saturated heterocycles. The van der Waals surface area contributed by atoms with Crippen LogP contribution in [0.3, 0.4) is 0 Å². The quantitative estimate of drug-likeness (QED) is 0.873. The summed E-state index contributed by atoms with van der Waals surface area (Å²) >= 11 is 0. The van der Waals surface area contributed by atoms with Crippen molar-refractivity contribution < 1.29 is 9.53 Å². The van der Waals surface area contributed by atoms with Gasteiger partial charge in [0.25, 0.3) is 0 Å². The van der Waals surface area contributed by atoms with Crippen molar-refractivity contribution in [1.82, 2.24) is 0 Å². The van der Waals surface area contributed by atoms with E-state index >= 15 is 0 Å². The topological polar surface area (TPSA) is 50.4 Å². The normalized spacial score (nSPS) is 25.9. The molecule has 3 atom stereocenters. The summed E-state index contributed by atoms with van der Waals surface area (Å²) in [7, 11) is 1.36. The van der Waals surface area contributed by atoms with Crippen molar-refractivity contribution in [1.29, 1.82) is 0 Å². The van der Waals surface area contributed by atoms with Crippen LogP contribution in [0.4, 0.5) is 16.2 Å². The minimum Gasteiger partial charge on any atom is -0.453 e. The van der Waals surface area contributed by atoms with Gasteiger partial charge in [0.15, 0.2) is 0 Å². The van der Waals surface area contributed by atoms with Gasteiger partial charge in [-0.05, 0) is 49.3 Å². The molecule has 1 aliphatic carbocycles. The number of benzene rings is 1. The third-order valence-corrected chi connectivity index (χ3v) is 4.26. The van der Waals surface area contributed by atoms with E-state index in [4.69, 9.17) is 0 Å². The molecule has 3 unspecified atom stereocenters. The molecule has 0 radical (unpaired) electrons. The molecule has 0 heterocycles. The van der Waals surface area contributed by atoms with E-state index in [-0.39, 0.29) is 0 Å². The lowest BCUT2D eigenvalue weighted by Gasteiger charge is -2.33. The highest BCUT2D eigenvalue weighted by molar-refractivity contribution is 5.85. The highest BCUT2D eigenvalue weighted by Crippen LogP contribution is 2.31. The van der Waals surface area contributed by atoms with Gasteiger partial charge in [-0.3, -0.25) is 5.32 Å². The van der Waals surface area contributed by atoms with Gasteiger partial charge in [0, 0.05) is 17.4 Å². The Hall–Kier alpha value is -1.71. The van der Waals surface area contributed by atoms with Crippen LogP contribution in [0.5, 0.6) is 0 Å². The summed E-state index contributed by atoms with van der Waals surface area (Å²) in [6.45, 7) is 4.66. The summed E-state index contributed by atoms with van der Waals surface area (Å²) in [4.78, 5) is 11.2. The predicted octanol–water partition coefficient (Wildman–Crippen LogP) is 4.10. The molecule has 0 spiro atoms. The standard InChI is InChI=1S/C16H24N2O2/c1-11-7-8-15(9-12(11)2)17-13-5-4-6-14(10-13)18-16(19)20-3/h4-6,10-12,15,17H,7-9H2,1-3H3,(H,18,19). The van der Waals surface area contributed by atoms with Crippen LogP contribution in [-0.4, -0.2) is 19.2 Å². The second-order valence-electron chi connectivity index (χ2n) is 5.81. The lowest BCUT2D eigenvalue weighted by Crippen LogP contribution is -2.30. The number of rotatable bonds is 3. The SMILES string of the molecule is COC(=O)Nc1cccc(NC2CCC(C)C(C)C2)c1. The maximum Gasteiger partial charge on any atom is 0.411 e. The number of nitrogens with one attached hydrogen (secondary N) is 2. The second kappa shape index (κ2) is 6.64. The minimum atomic E-state index is -0.442. The van der Waals surface area contributed by atoms with Gasteiger partial charge in [-0.25, -0.2) is 4.79 Å². The fourth-order valence-corrected chi connectivity index (χ4v) is 2.77. The van der Waals surface area contributed by atoms with Crippen LogP contribution >= 0.6 is 0 Å². The summed E-state index contributed by atoms with van der Waals surface area (Å²) in [5.74, 6) is 1.58. The van der Waals surface area contributed by atoms with E-state index in [1.807, 2.05) is 24.3 Å². The molecule has 4 nitrogen and oxygen atoms in total. The van der Waals surface area contributed by atoms with E-state index < -0.39 is 6.09 Å². The van der Waals surface area contributed by atoms with E-state index in [1.54, 1.807) is 0 Å². The van der Waals surface area contributed by atoms with E-state index in [9.17, 15) is 4.79 Å². The fraction of sp³-hybridized carbons (Fsp3) is 0.562. The molecule has 20 heavy (non-hydrogen) atoms. The van der Waals surface area contributed by atoms with Crippen LogP contribution < -0.4 is 10.6 Å². The molecular weight excluding hydrogens is 252 g/mol. The predicted molar refractivity (Wildman–Crippen MR) is 82.1 cm³/mol. The van der Waals surface area contributed by atoms with Crippen LogP contribution in [0.2, 0.25) is 0 Å². The number of amides is 1. The third-order valence-electron chi connectivity index (χ3n) is 4.26. The van der Waals surface area contributed by atoms with Crippen molar-refractivity contribution >= 4 is 17.5 Å². The van der Waals surface area contributed by atoms with Gasteiger partial charge in [0.2, 0.25) is 0 Å². The summed E-state index contributed by atoms with van der Waals surface area (Å²) in [5, 5.41) is 6.26. The fourth-order valence-electron chi connectivity index (χ4n) is 2.77. The maximum atomic E-state index is 11.2. The van der Waals surface area contributed by atoms with Gasteiger partial charge < -0.3 is 10.1 Å². The molecule has 110 valence electrons. The zero-order chi connectivity index (χ0) is 14.5. The molecule has 1 saturated carbocycles. The van der Waals surface area contributed by atoms with E-state index in [0.717, 1.165) is 23.2 Å². The van der Waals surface area contributed by atoms with Crippen LogP contribution in [0, 0.1) is 11.8 Å². The van der Waals surface area contributed by atoms with Crippen molar-refractivity contribution in [2.24, 2.45) is 11.8 Å². The average Bonchev–Trinajstić information content (AvgIpc) is 2.43. The van der Waals surface area contributed by atoms with Crippen LogP contribution in [0.25, 0.3) is 0 Å². The second-order valence-corrected chi connectivity index (χ2v) is 5.81. The first-order valence-electron chi connectivity index (χ1n) is 7.30. The van der Waals surface area contributed by atoms with Gasteiger partial charge in [-0.15, -0.1) is 0 Å². The van der Waals surface area contributed by atoms with Gasteiger partial charge in [-0.2, -0.15) is 0 Å². The van der Waals surface area contributed by atoms with E-state index in [0.29, 0.717) is 6.04 Å². The zero-order valence-corrected chi connectivity index (χ0v) is 12.5. The molecule has 2 rings (SSSR count). The first kappa shape index (κ1) is 14.7. The Morgan fingerprint density at radius 2 is 1.95 bits per heavy atom. The van der Waals surface area contributed by atoms with Crippen molar-refractivity contribution in [3.63, 3.8) is 0 Å². The van der Waals surface area contributed by atoms with Crippen molar-refractivity contribution in [2.75, 3.05) is 17.7 Å². The molecule has 0 aromatic heterocycles. The molecule has 2 N–H and O–H groups in total. The Morgan fingerprint density at radius 3 is 2.65 bits per heavy atom. The summed E-state index contributed by atoms with van der Waals surface area (Å²) < 4.78 is 4.60. The van der Waals surface area contributed by atoms with Gasteiger partial charge in [0.1, 0.15) is 0 Å². The Morgan fingerprint density at radius 1 is 1.20 bits per heavy atom. The molecule has 1 fully saturated rings. The Kier molecular flexibility index (Phi) is 4.88. The van der Waals surface area contributed by atoms with Crippen molar-refractivity contribution in [3.8, 4) is 0 Å². The summed E-state index contributed by atoms with van der Waals surface area (Å²) in [6, 6.07) is 8.29. The number of methoxy groups -OCH3 is 1. The van der Waals surface area contributed by atoms with E-state index in [2.05, 4.69) is 29.2 Å². The number of carbonyl (C=O) groups is 1. The van der Waals surface area contributed by atoms with E-state index in [1.165, 1.54) is 26.4 Å². The number of ether oxygens (including phenoxy) is 1. The van der Waals surface area contributed by atoms with Crippen LogP contribution in [0.15, 0.2) is 24.3 Å². The molecular formula is C16H24N2O2. The summed E-state index contributed by atoms with van der Waals surface area (Å²) in [5.41, 5.74) is 1.80. The number of hydrogen-bond acceptors (Lipinski definition) is 3. The Balaban J connectivity index is 1.96.